The number of quaternary nitrogens is 2. The minimum absolute atomic E-state index is 0.136. The summed E-state index contributed by atoms with van der Waals surface area (Å²) in [5.41, 5.74) is 2.04. The van der Waals surface area contributed by atoms with E-state index in [0.717, 1.165) is 30.5 Å². The van der Waals surface area contributed by atoms with Gasteiger partial charge in [0, 0.05) is 38.3 Å². The Morgan fingerprint density at radius 1 is 1.04 bits per heavy atom. The summed E-state index contributed by atoms with van der Waals surface area (Å²) in [6.45, 7) is 5.60. The molecule has 0 unspecified atom stereocenters. The van der Waals surface area contributed by atoms with Crippen LogP contribution in [0.15, 0.2) is 24.3 Å². The Hall–Kier alpha value is -1.59. The molecule has 5 nitrogen and oxygen atoms in total. The lowest BCUT2D eigenvalue weighted by Crippen LogP contribution is -3.21. The van der Waals surface area contributed by atoms with Gasteiger partial charge in [-0.25, -0.2) is 0 Å². The molecule has 2 fully saturated rings. The van der Waals surface area contributed by atoms with E-state index in [4.69, 9.17) is 0 Å². The number of nitrogens with zero attached hydrogens (tertiary/aromatic N) is 1. The van der Waals surface area contributed by atoms with Gasteiger partial charge in [0.2, 0.25) is 0 Å². The van der Waals surface area contributed by atoms with E-state index in [0.29, 0.717) is 6.54 Å². The topological polar surface area (TPSA) is 41.2 Å². The number of anilines is 2. The van der Waals surface area contributed by atoms with Crippen molar-refractivity contribution in [2.45, 2.75) is 38.1 Å². The minimum atomic E-state index is 0.136. The van der Waals surface area contributed by atoms with Gasteiger partial charge in [-0.1, -0.05) is 0 Å². The Labute approximate surface area is 152 Å². The minimum Gasteiger partial charge on any atom is -0.378 e. The van der Waals surface area contributed by atoms with Gasteiger partial charge in [0.05, 0.1) is 32.2 Å². The molecular formula is C20H34N4O+2. The van der Waals surface area contributed by atoms with Gasteiger partial charge in [0.15, 0.2) is 6.54 Å². The molecule has 1 aromatic rings. The van der Waals surface area contributed by atoms with Crippen molar-refractivity contribution in [3.8, 4) is 0 Å². The molecule has 0 saturated carbocycles. The molecule has 25 heavy (non-hydrogen) atoms. The molecule has 2 heterocycles. The molecule has 138 valence electrons. The summed E-state index contributed by atoms with van der Waals surface area (Å²) >= 11 is 0. The average Bonchev–Trinajstić information content (AvgIpc) is 2.63. The Balaban J connectivity index is 1.41. The Morgan fingerprint density at radius 3 is 2.28 bits per heavy atom. The van der Waals surface area contributed by atoms with Crippen molar-refractivity contribution in [3.05, 3.63) is 24.3 Å². The van der Waals surface area contributed by atoms with Crippen LogP contribution in [-0.4, -0.2) is 58.8 Å². The van der Waals surface area contributed by atoms with E-state index < -0.39 is 0 Å². The van der Waals surface area contributed by atoms with Gasteiger partial charge in [-0.15, -0.1) is 0 Å². The van der Waals surface area contributed by atoms with E-state index in [1.54, 1.807) is 0 Å². The molecule has 3 rings (SSSR count). The highest BCUT2D eigenvalue weighted by Crippen LogP contribution is 2.15. The number of nitrogens with one attached hydrogen (secondary N) is 3. The zero-order chi connectivity index (χ0) is 17.6. The number of piperidine rings is 2. The largest absolute Gasteiger partial charge is 0.378 e. The first-order valence-corrected chi connectivity index (χ1v) is 9.87. The number of likely N-dealkylation sites (tertiary alicyclic amines) is 2. The van der Waals surface area contributed by atoms with Gasteiger partial charge < -0.3 is 20.0 Å². The zero-order valence-electron chi connectivity index (χ0n) is 15.8. The molecular weight excluding hydrogens is 312 g/mol. The van der Waals surface area contributed by atoms with Gasteiger partial charge >= 0.3 is 0 Å². The summed E-state index contributed by atoms with van der Waals surface area (Å²) < 4.78 is 0. The predicted molar refractivity (Wildman–Crippen MR) is 103 cm³/mol. The summed E-state index contributed by atoms with van der Waals surface area (Å²) in [5, 5.41) is 3.05. The van der Waals surface area contributed by atoms with Crippen molar-refractivity contribution in [2.75, 3.05) is 57.0 Å². The van der Waals surface area contributed by atoms with Crippen LogP contribution in [0.5, 0.6) is 0 Å². The second-order valence-electron chi connectivity index (χ2n) is 7.91. The summed E-state index contributed by atoms with van der Waals surface area (Å²) in [6.07, 6.45) is 6.77. The first-order valence-electron chi connectivity index (χ1n) is 9.87. The molecule has 2 saturated heterocycles. The van der Waals surface area contributed by atoms with Crippen molar-refractivity contribution >= 4 is 17.3 Å². The first-order chi connectivity index (χ1) is 12.1. The molecule has 2 aliphatic rings. The third-order valence-electron chi connectivity index (χ3n) is 5.84. The van der Waals surface area contributed by atoms with Crippen LogP contribution in [0.2, 0.25) is 0 Å². The second kappa shape index (κ2) is 8.68. The number of hydrogen-bond acceptors (Lipinski definition) is 2. The van der Waals surface area contributed by atoms with Gasteiger partial charge in [0.1, 0.15) is 0 Å². The monoisotopic (exact) mass is 346 g/mol. The van der Waals surface area contributed by atoms with E-state index in [9.17, 15) is 4.79 Å². The van der Waals surface area contributed by atoms with Gasteiger partial charge in [0.25, 0.3) is 5.91 Å². The smallest absolute Gasteiger partial charge is 0.279 e. The molecule has 0 aliphatic carbocycles. The van der Waals surface area contributed by atoms with Crippen LogP contribution in [0.4, 0.5) is 11.4 Å². The van der Waals surface area contributed by atoms with Crippen LogP contribution < -0.4 is 20.0 Å². The quantitative estimate of drug-likeness (QED) is 0.692. The predicted octanol–water partition coefficient (Wildman–Crippen LogP) is -0.193. The van der Waals surface area contributed by atoms with E-state index in [1.807, 2.05) is 43.3 Å². The molecule has 2 aliphatic heterocycles. The van der Waals surface area contributed by atoms with Crippen molar-refractivity contribution in [1.29, 1.82) is 0 Å². The zero-order valence-corrected chi connectivity index (χ0v) is 15.8. The van der Waals surface area contributed by atoms with Gasteiger partial charge in [-0.3, -0.25) is 4.79 Å². The highest BCUT2D eigenvalue weighted by Gasteiger charge is 2.31. The van der Waals surface area contributed by atoms with E-state index >= 15 is 0 Å². The standard InChI is InChI=1S/C20H32N4O/c1-22(2)18-8-6-17(7-9-18)21-20(25)16-23-14-10-19(11-15-23)24-12-4-3-5-13-24/h6-9,19H,3-5,10-16H2,1-2H3,(H,21,25)/p+2. The number of hydrogen-bond donors (Lipinski definition) is 3. The summed E-state index contributed by atoms with van der Waals surface area (Å²) in [6, 6.07) is 8.87. The third kappa shape index (κ3) is 5.19. The average molecular weight is 347 g/mol. The fraction of sp³-hybridized carbons (Fsp3) is 0.650. The number of benzene rings is 1. The lowest BCUT2D eigenvalue weighted by molar-refractivity contribution is -0.958. The second-order valence-corrected chi connectivity index (χ2v) is 7.91. The number of carbonyl (C=O) groups is 1. The molecule has 1 amide bonds. The third-order valence-corrected chi connectivity index (χ3v) is 5.84. The molecule has 0 radical (unpaired) electrons. The Morgan fingerprint density at radius 2 is 1.68 bits per heavy atom. The molecule has 5 heteroatoms. The maximum atomic E-state index is 12.3. The van der Waals surface area contributed by atoms with Gasteiger partial charge in [-0.05, 0) is 43.5 Å². The summed E-state index contributed by atoms with van der Waals surface area (Å²) in [5.74, 6) is 0.136. The van der Waals surface area contributed by atoms with E-state index in [2.05, 4.69) is 10.2 Å². The fourth-order valence-corrected chi connectivity index (χ4v) is 4.30. The Kier molecular flexibility index (Phi) is 6.32. The van der Waals surface area contributed by atoms with Crippen molar-refractivity contribution in [2.24, 2.45) is 0 Å². The van der Waals surface area contributed by atoms with Crippen molar-refractivity contribution < 1.29 is 14.6 Å². The normalized spacial score (nSPS) is 24.7. The van der Waals surface area contributed by atoms with Gasteiger partial charge in [-0.2, -0.15) is 0 Å². The van der Waals surface area contributed by atoms with Crippen LogP contribution in [-0.2, 0) is 4.79 Å². The lowest BCUT2D eigenvalue weighted by Gasteiger charge is -2.35. The van der Waals surface area contributed by atoms with Crippen LogP contribution in [0.3, 0.4) is 0 Å². The SMILES string of the molecule is CN(C)c1ccc(NC(=O)C[NH+]2CCC([NH+]3CCCCC3)CC2)cc1. The van der Waals surface area contributed by atoms with E-state index in [-0.39, 0.29) is 5.91 Å². The first kappa shape index (κ1) is 18.2. The van der Waals surface area contributed by atoms with E-state index in [1.165, 1.54) is 50.1 Å². The fourth-order valence-electron chi connectivity index (χ4n) is 4.30. The number of rotatable bonds is 5. The maximum Gasteiger partial charge on any atom is 0.279 e. The summed E-state index contributed by atoms with van der Waals surface area (Å²) in [7, 11) is 4.04. The van der Waals surface area contributed by atoms with Crippen molar-refractivity contribution in [1.82, 2.24) is 0 Å². The molecule has 3 N–H and O–H groups in total. The molecule has 0 spiro atoms. The molecule has 1 aromatic carbocycles. The molecule has 0 aromatic heterocycles. The van der Waals surface area contributed by atoms with Crippen LogP contribution in [0.1, 0.15) is 32.1 Å². The lowest BCUT2D eigenvalue weighted by atomic mass is 10.00. The molecule has 0 bridgehead atoms. The van der Waals surface area contributed by atoms with Crippen LogP contribution in [0.25, 0.3) is 0 Å². The van der Waals surface area contributed by atoms with Crippen molar-refractivity contribution in [3.63, 3.8) is 0 Å². The highest BCUT2D eigenvalue weighted by molar-refractivity contribution is 5.91. The van der Waals surface area contributed by atoms with Crippen LogP contribution in [0, 0.1) is 0 Å². The number of amides is 1. The van der Waals surface area contributed by atoms with Crippen LogP contribution >= 0.6 is 0 Å². The highest BCUT2D eigenvalue weighted by atomic mass is 16.2. The Bertz CT molecular complexity index is 543. The number of carbonyl (C=O) groups excluding carboxylic acids is 1. The maximum absolute atomic E-state index is 12.3. The molecule has 0 atom stereocenters. The summed E-state index contributed by atoms with van der Waals surface area (Å²) in [4.78, 5) is 17.7.